The Kier molecular flexibility index (Phi) is 4.81. The zero-order chi connectivity index (χ0) is 15.2. The molecule has 5 nitrogen and oxygen atoms in total. The summed E-state index contributed by atoms with van der Waals surface area (Å²) in [5.74, 6) is -0.0693. The van der Waals surface area contributed by atoms with Crippen molar-refractivity contribution in [3.05, 3.63) is 53.7 Å². The minimum absolute atomic E-state index is 0.238. The first-order chi connectivity index (χ1) is 10.1. The molecule has 1 heterocycles. The minimum atomic E-state index is -0.320. The lowest BCUT2D eigenvalue weighted by atomic mass is 10.1. The van der Waals surface area contributed by atoms with E-state index in [1.807, 2.05) is 13.8 Å². The molecule has 0 radical (unpaired) electrons. The number of halogens is 1. The number of nitrogens with zero attached hydrogens (tertiary/aromatic N) is 2. The number of hydrogen-bond acceptors (Lipinski definition) is 4. The van der Waals surface area contributed by atoms with Crippen LogP contribution in [0.1, 0.15) is 35.9 Å². The molecule has 0 aliphatic rings. The van der Waals surface area contributed by atoms with E-state index in [-0.39, 0.29) is 23.5 Å². The van der Waals surface area contributed by atoms with Crippen molar-refractivity contribution in [3.8, 4) is 0 Å². The van der Waals surface area contributed by atoms with Crippen molar-refractivity contribution in [2.24, 2.45) is 0 Å². The molecule has 0 saturated heterocycles. The third-order valence-corrected chi connectivity index (χ3v) is 2.94. The lowest BCUT2D eigenvalue weighted by Gasteiger charge is -2.14. The highest BCUT2D eigenvalue weighted by molar-refractivity contribution is 5.92. The van der Waals surface area contributed by atoms with Gasteiger partial charge in [-0.15, -0.1) is 0 Å². The number of carbonyl (C=O) groups is 1. The van der Waals surface area contributed by atoms with Crippen LogP contribution in [0.15, 0.2) is 36.7 Å². The van der Waals surface area contributed by atoms with Gasteiger partial charge in [0.25, 0.3) is 5.91 Å². The number of carbonyl (C=O) groups excluding carboxylic acids is 1. The van der Waals surface area contributed by atoms with Gasteiger partial charge in [0.15, 0.2) is 0 Å². The van der Waals surface area contributed by atoms with Crippen LogP contribution in [0.5, 0.6) is 0 Å². The van der Waals surface area contributed by atoms with E-state index in [1.54, 1.807) is 18.3 Å². The second-order valence-electron chi connectivity index (χ2n) is 4.57. The molecule has 1 atom stereocenters. The first-order valence-electron chi connectivity index (χ1n) is 6.72. The Morgan fingerprint density at radius 3 is 2.67 bits per heavy atom. The van der Waals surface area contributed by atoms with E-state index in [1.165, 1.54) is 18.3 Å². The SMILES string of the molecule is CCNc1cncc(C(=O)NC(C)c2ccc(F)cc2)n1. The maximum atomic E-state index is 12.9. The fraction of sp³-hybridized carbons (Fsp3) is 0.267. The fourth-order valence-electron chi connectivity index (χ4n) is 1.85. The quantitative estimate of drug-likeness (QED) is 0.887. The predicted molar refractivity (Wildman–Crippen MR) is 78.5 cm³/mol. The summed E-state index contributed by atoms with van der Waals surface area (Å²) in [4.78, 5) is 20.3. The number of aromatic nitrogens is 2. The second-order valence-corrected chi connectivity index (χ2v) is 4.57. The average molecular weight is 288 g/mol. The lowest BCUT2D eigenvalue weighted by molar-refractivity contribution is 0.0934. The first-order valence-corrected chi connectivity index (χ1v) is 6.72. The van der Waals surface area contributed by atoms with Gasteiger partial charge in [-0.1, -0.05) is 12.1 Å². The van der Waals surface area contributed by atoms with Gasteiger partial charge < -0.3 is 10.6 Å². The van der Waals surface area contributed by atoms with Gasteiger partial charge in [0.1, 0.15) is 17.3 Å². The summed E-state index contributed by atoms with van der Waals surface area (Å²) in [5.41, 5.74) is 1.06. The Labute approximate surface area is 122 Å². The molecule has 0 saturated carbocycles. The summed E-state index contributed by atoms with van der Waals surface area (Å²) in [5, 5.41) is 5.81. The van der Waals surface area contributed by atoms with Crippen molar-refractivity contribution >= 4 is 11.7 Å². The summed E-state index contributed by atoms with van der Waals surface area (Å²) in [6.07, 6.45) is 2.97. The third-order valence-electron chi connectivity index (χ3n) is 2.94. The molecule has 1 aromatic heterocycles. The molecule has 0 fully saturated rings. The smallest absolute Gasteiger partial charge is 0.272 e. The molecule has 1 amide bonds. The largest absolute Gasteiger partial charge is 0.369 e. The number of nitrogens with one attached hydrogen (secondary N) is 2. The normalized spacial score (nSPS) is 11.8. The zero-order valence-corrected chi connectivity index (χ0v) is 11.9. The molecular formula is C15H17FN4O. The maximum absolute atomic E-state index is 12.9. The van der Waals surface area contributed by atoms with Gasteiger partial charge in [-0.3, -0.25) is 9.78 Å². The van der Waals surface area contributed by atoms with Crippen molar-refractivity contribution in [1.82, 2.24) is 15.3 Å². The van der Waals surface area contributed by atoms with Crippen molar-refractivity contribution in [2.45, 2.75) is 19.9 Å². The van der Waals surface area contributed by atoms with Crippen LogP contribution >= 0.6 is 0 Å². The number of amides is 1. The highest BCUT2D eigenvalue weighted by atomic mass is 19.1. The molecule has 2 aromatic rings. The molecule has 1 unspecified atom stereocenters. The zero-order valence-electron chi connectivity index (χ0n) is 11.9. The maximum Gasteiger partial charge on any atom is 0.272 e. The Balaban J connectivity index is 2.06. The summed E-state index contributed by atoms with van der Waals surface area (Å²) >= 11 is 0. The van der Waals surface area contributed by atoms with Gasteiger partial charge in [-0.25, -0.2) is 9.37 Å². The first kappa shape index (κ1) is 14.9. The Hall–Kier alpha value is -2.50. The fourth-order valence-corrected chi connectivity index (χ4v) is 1.85. The summed E-state index contributed by atoms with van der Waals surface area (Å²) in [7, 11) is 0. The summed E-state index contributed by atoms with van der Waals surface area (Å²) in [6.45, 7) is 4.46. The molecule has 2 N–H and O–H groups in total. The number of rotatable bonds is 5. The highest BCUT2D eigenvalue weighted by Crippen LogP contribution is 2.13. The Morgan fingerprint density at radius 1 is 1.29 bits per heavy atom. The van der Waals surface area contributed by atoms with Gasteiger partial charge in [0.2, 0.25) is 0 Å². The van der Waals surface area contributed by atoms with Crippen LogP contribution in [0.3, 0.4) is 0 Å². The molecule has 6 heteroatoms. The molecule has 110 valence electrons. The molecule has 0 aliphatic carbocycles. The summed E-state index contributed by atoms with van der Waals surface area (Å²) < 4.78 is 12.9. The van der Waals surface area contributed by atoms with E-state index in [0.29, 0.717) is 12.4 Å². The third kappa shape index (κ3) is 3.98. The standard InChI is InChI=1S/C15H17FN4O/c1-3-18-14-9-17-8-13(20-14)15(21)19-10(2)11-4-6-12(16)7-5-11/h4-10H,3H2,1-2H3,(H,18,20)(H,19,21). The van der Waals surface area contributed by atoms with Crippen molar-refractivity contribution in [3.63, 3.8) is 0 Å². The second kappa shape index (κ2) is 6.78. The molecular weight excluding hydrogens is 271 g/mol. The topological polar surface area (TPSA) is 66.9 Å². The highest BCUT2D eigenvalue weighted by Gasteiger charge is 2.13. The van der Waals surface area contributed by atoms with Crippen LogP contribution < -0.4 is 10.6 Å². The van der Waals surface area contributed by atoms with Gasteiger partial charge in [-0.2, -0.15) is 0 Å². The molecule has 1 aromatic carbocycles. The van der Waals surface area contributed by atoms with E-state index in [4.69, 9.17) is 0 Å². The summed E-state index contributed by atoms with van der Waals surface area (Å²) in [6, 6.07) is 5.76. The molecule has 0 spiro atoms. The van der Waals surface area contributed by atoms with Crippen molar-refractivity contribution in [1.29, 1.82) is 0 Å². The lowest BCUT2D eigenvalue weighted by Crippen LogP contribution is -2.27. The van der Waals surface area contributed by atoms with E-state index in [9.17, 15) is 9.18 Å². The van der Waals surface area contributed by atoms with E-state index in [2.05, 4.69) is 20.6 Å². The van der Waals surface area contributed by atoms with Gasteiger partial charge in [0, 0.05) is 6.54 Å². The molecule has 21 heavy (non-hydrogen) atoms. The number of hydrogen-bond donors (Lipinski definition) is 2. The van der Waals surface area contributed by atoms with Crippen LogP contribution in [-0.4, -0.2) is 22.4 Å². The van der Waals surface area contributed by atoms with Crippen LogP contribution in [0, 0.1) is 5.82 Å². The van der Waals surface area contributed by atoms with Crippen molar-refractivity contribution < 1.29 is 9.18 Å². The van der Waals surface area contributed by atoms with Crippen LogP contribution in [0.25, 0.3) is 0 Å². The van der Waals surface area contributed by atoms with Gasteiger partial charge >= 0.3 is 0 Å². The average Bonchev–Trinajstić information content (AvgIpc) is 2.48. The van der Waals surface area contributed by atoms with Gasteiger partial charge in [0.05, 0.1) is 18.4 Å². The van der Waals surface area contributed by atoms with Crippen LogP contribution in [0.4, 0.5) is 10.2 Å². The van der Waals surface area contributed by atoms with Crippen LogP contribution in [-0.2, 0) is 0 Å². The number of benzene rings is 1. The predicted octanol–water partition coefficient (Wildman–Crippen LogP) is 2.54. The Bertz CT molecular complexity index is 615. The minimum Gasteiger partial charge on any atom is -0.369 e. The monoisotopic (exact) mass is 288 g/mol. The number of anilines is 1. The molecule has 0 bridgehead atoms. The Morgan fingerprint density at radius 2 is 2.00 bits per heavy atom. The van der Waals surface area contributed by atoms with E-state index < -0.39 is 0 Å². The molecule has 2 rings (SSSR count). The van der Waals surface area contributed by atoms with Crippen molar-refractivity contribution in [2.75, 3.05) is 11.9 Å². The molecule has 0 aliphatic heterocycles. The van der Waals surface area contributed by atoms with Gasteiger partial charge in [-0.05, 0) is 31.5 Å². The van der Waals surface area contributed by atoms with Crippen LogP contribution in [0.2, 0.25) is 0 Å². The van der Waals surface area contributed by atoms with E-state index in [0.717, 1.165) is 5.56 Å². The van der Waals surface area contributed by atoms with E-state index >= 15 is 0 Å².